The highest BCUT2D eigenvalue weighted by Gasteiger charge is 1.89. The van der Waals surface area contributed by atoms with Crippen molar-refractivity contribution in [2.75, 3.05) is 0 Å². The summed E-state index contributed by atoms with van der Waals surface area (Å²) in [4.78, 5) is 0. The largest absolute Gasteiger partial charge is 0.367 e. The average Bonchev–Trinajstić information content (AvgIpc) is 2.03. The topological polar surface area (TPSA) is 74.6 Å². The van der Waals surface area contributed by atoms with E-state index in [1.807, 2.05) is 0 Å². The molecule has 0 fully saturated rings. The first-order valence-corrected chi connectivity index (χ1v) is 3.57. The molecule has 1 aromatic carbocycles. The quantitative estimate of drug-likeness (QED) is 0.390. The van der Waals surface area contributed by atoms with Crippen LogP contribution in [0.3, 0.4) is 0 Å². The van der Waals surface area contributed by atoms with Crippen LogP contribution in [0.15, 0.2) is 34.5 Å². The molecule has 0 bridgehead atoms. The second kappa shape index (κ2) is 3.82. The molecule has 0 amide bonds. The molecule has 1 aromatic rings. The molecule has 0 aromatic heterocycles. The fourth-order valence-electron chi connectivity index (χ4n) is 0.619. The first-order chi connectivity index (χ1) is 5.68. The Bertz CT molecular complexity index is 304. The summed E-state index contributed by atoms with van der Waals surface area (Å²) in [6.45, 7) is 0. The molecule has 4 nitrogen and oxygen atoms in total. The number of rotatable bonds is 1. The molecule has 5 heteroatoms. The maximum absolute atomic E-state index is 6.78. The van der Waals surface area contributed by atoms with Crippen molar-refractivity contribution in [3.8, 4) is 0 Å². The van der Waals surface area contributed by atoms with Crippen molar-refractivity contribution in [3.63, 3.8) is 0 Å². The van der Waals surface area contributed by atoms with E-state index in [-0.39, 0.29) is 5.96 Å². The van der Waals surface area contributed by atoms with Gasteiger partial charge in [-0.25, -0.2) is 0 Å². The van der Waals surface area contributed by atoms with Crippen molar-refractivity contribution < 1.29 is 0 Å². The van der Waals surface area contributed by atoms with E-state index in [9.17, 15) is 0 Å². The van der Waals surface area contributed by atoms with Crippen LogP contribution >= 0.6 is 11.6 Å². The zero-order chi connectivity index (χ0) is 8.97. The van der Waals surface area contributed by atoms with Gasteiger partial charge in [0.25, 0.3) is 0 Å². The van der Waals surface area contributed by atoms with Crippen LogP contribution in [0.4, 0.5) is 5.69 Å². The molecule has 0 heterocycles. The lowest BCUT2D eigenvalue weighted by atomic mass is 10.3. The minimum absolute atomic E-state index is 0.315. The SMILES string of the molecule is N=C(N)N=Nc1ccc(Cl)cc1. The molecule has 0 radical (unpaired) electrons. The number of azo groups is 1. The van der Waals surface area contributed by atoms with E-state index in [1.165, 1.54) is 0 Å². The summed E-state index contributed by atoms with van der Waals surface area (Å²) in [7, 11) is 0. The second-order valence-corrected chi connectivity index (χ2v) is 2.50. The molecule has 12 heavy (non-hydrogen) atoms. The smallest absolute Gasteiger partial charge is 0.232 e. The van der Waals surface area contributed by atoms with Crippen LogP contribution in [-0.4, -0.2) is 5.96 Å². The number of halogens is 1. The summed E-state index contributed by atoms with van der Waals surface area (Å²) >= 11 is 5.64. The van der Waals surface area contributed by atoms with Gasteiger partial charge in [-0.1, -0.05) is 11.6 Å². The standard InChI is InChI=1S/C7H7ClN4/c8-5-1-3-6(4-2-5)11-12-7(9)10/h1-4H,(H3,9,10). The number of hydrogen-bond donors (Lipinski definition) is 2. The Morgan fingerprint density at radius 3 is 2.42 bits per heavy atom. The fourth-order valence-corrected chi connectivity index (χ4v) is 0.745. The molecule has 62 valence electrons. The Hall–Kier alpha value is -1.42. The first-order valence-electron chi connectivity index (χ1n) is 3.20. The summed E-state index contributed by atoms with van der Waals surface area (Å²) in [5.41, 5.74) is 5.59. The average molecular weight is 183 g/mol. The molecule has 0 saturated heterocycles. The zero-order valence-corrected chi connectivity index (χ0v) is 6.92. The predicted octanol–water partition coefficient (Wildman–Crippen LogP) is 2.32. The van der Waals surface area contributed by atoms with E-state index in [0.717, 1.165) is 0 Å². The van der Waals surface area contributed by atoms with Gasteiger partial charge in [-0.2, -0.15) is 0 Å². The Kier molecular flexibility index (Phi) is 2.76. The summed E-state index contributed by atoms with van der Waals surface area (Å²) in [5, 5.41) is 14.4. The monoisotopic (exact) mass is 182 g/mol. The third kappa shape index (κ3) is 2.67. The van der Waals surface area contributed by atoms with Gasteiger partial charge in [-0.05, 0) is 24.3 Å². The van der Waals surface area contributed by atoms with Gasteiger partial charge in [-0.15, -0.1) is 10.2 Å². The normalized spacial score (nSPS) is 10.4. The van der Waals surface area contributed by atoms with Crippen molar-refractivity contribution in [2.24, 2.45) is 16.0 Å². The van der Waals surface area contributed by atoms with E-state index >= 15 is 0 Å². The molecule has 0 aliphatic carbocycles. The van der Waals surface area contributed by atoms with Crippen LogP contribution in [-0.2, 0) is 0 Å². The van der Waals surface area contributed by atoms with Gasteiger partial charge in [0.1, 0.15) is 0 Å². The van der Waals surface area contributed by atoms with Crippen LogP contribution in [0.25, 0.3) is 0 Å². The lowest BCUT2D eigenvalue weighted by Gasteiger charge is -1.90. The van der Waals surface area contributed by atoms with E-state index in [1.54, 1.807) is 24.3 Å². The Morgan fingerprint density at radius 2 is 1.92 bits per heavy atom. The number of nitrogens with zero attached hydrogens (tertiary/aromatic N) is 2. The van der Waals surface area contributed by atoms with E-state index in [0.29, 0.717) is 10.7 Å². The van der Waals surface area contributed by atoms with E-state index in [4.69, 9.17) is 22.7 Å². The zero-order valence-electron chi connectivity index (χ0n) is 6.16. The number of hydrogen-bond acceptors (Lipinski definition) is 2. The molecule has 0 aliphatic rings. The van der Waals surface area contributed by atoms with E-state index in [2.05, 4.69) is 10.2 Å². The molecular weight excluding hydrogens is 176 g/mol. The molecule has 0 aliphatic heterocycles. The van der Waals surface area contributed by atoms with Crippen molar-refractivity contribution in [3.05, 3.63) is 29.3 Å². The predicted molar refractivity (Wildman–Crippen MR) is 47.9 cm³/mol. The molecule has 0 spiro atoms. The van der Waals surface area contributed by atoms with Gasteiger partial charge in [0.05, 0.1) is 5.69 Å². The lowest BCUT2D eigenvalue weighted by molar-refractivity contribution is 1.22. The van der Waals surface area contributed by atoms with Gasteiger partial charge < -0.3 is 5.73 Å². The summed E-state index contributed by atoms with van der Waals surface area (Å²) in [5.74, 6) is -0.315. The third-order valence-electron chi connectivity index (χ3n) is 1.10. The number of benzene rings is 1. The third-order valence-corrected chi connectivity index (χ3v) is 1.35. The number of guanidine groups is 1. The van der Waals surface area contributed by atoms with Gasteiger partial charge >= 0.3 is 0 Å². The van der Waals surface area contributed by atoms with Gasteiger partial charge in [0, 0.05) is 5.02 Å². The highest BCUT2D eigenvalue weighted by molar-refractivity contribution is 6.30. The van der Waals surface area contributed by atoms with Crippen LogP contribution in [0, 0.1) is 5.41 Å². The van der Waals surface area contributed by atoms with Gasteiger partial charge in [0.2, 0.25) is 5.96 Å². The minimum Gasteiger partial charge on any atom is -0.367 e. The Labute approximate surface area is 74.6 Å². The van der Waals surface area contributed by atoms with Crippen molar-refractivity contribution in [2.45, 2.75) is 0 Å². The van der Waals surface area contributed by atoms with Crippen molar-refractivity contribution in [1.29, 1.82) is 5.41 Å². The molecule has 1 rings (SSSR count). The minimum atomic E-state index is -0.315. The van der Waals surface area contributed by atoms with E-state index < -0.39 is 0 Å². The maximum atomic E-state index is 6.78. The Morgan fingerprint density at radius 1 is 1.33 bits per heavy atom. The molecular formula is C7H7ClN4. The highest BCUT2D eigenvalue weighted by Crippen LogP contribution is 2.16. The van der Waals surface area contributed by atoms with Gasteiger partial charge in [-0.3, -0.25) is 5.41 Å². The summed E-state index contributed by atoms with van der Waals surface area (Å²) in [6.07, 6.45) is 0. The second-order valence-electron chi connectivity index (χ2n) is 2.06. The van der Waals surface area contributed by atoms with Crippen molar-refractivity contribution >= 4 is 23.2 Å². The van der Waals surface area contributed by atoms with Crippen LogP contribution in [0.1, 0.15) is 0 Å². The summed E-state index contributed by atoms with van der Waals surface area (Å²) < 4.78 is 0. The van der Waals surface area contributed by atoms with Gasteiger partial charge in [0.15, 0.2) is 0 Å². The Balaban J connectivity index is 2.77. The number of nitrogens with two attached hydrogens (primary N) is 1. The first kappa shape index (κ1) is 8.67. The fraction of sp³-hybridized carbons (Fsp3) is 0. The van der Waals surface area contributed by atoms with Crippen LogP contribution < -0.4 is 5.73 Å². The maximum Gasteiger partial charge on any atom is 0.232 e. The lowest BCUT2D eigenvalue weighted by Crippen LogP contribution is -2.03. The molecule has 3 N–H and O–H groups in total. The number of nitrogens with one attached hydrogen (secondary N) is 1. The molecule has 0 unspecified atom stereocenters. The van der Waals surface area contributed by atoms with Crippen LogP contribution in [0.2, 0.25) is 5.02 Å². The molecule has 0 atom stereocenters. The van der Waals surface area contributed by atoms with Crippen LogP contribution in [0.5, 0.6) is 0 Å². The molecule has 0 saturated carbocycles. The highest BCUT2D eigenvalue weighted by atomic mass is 35.5. The van der Waals surface area contributed by atoms with Crippen molar-refractivity contribution in [1.82, 2.24) is 0 Å². The summed E-state index contributed by atoms with van der Waals surface area (Å²) in [6, 6.07) is 6.76.